The Morgan fingerprint density at radius 3 is 2.88 bits per heavy atom. The van der Waals surface area contributed by atoms with Crippen LogP contribution in [0.3, 0.4) is 0 Å². The van der Waals surface area contributed by atoms with Crippen molar-refractivity contribution in [3.8, 4) is 0 Å². The summed E-state index contributed by atoms with van der Waals surface area (Å²) in [6, 6.07) is 0.120. The van der Waals surface area contributed by atoms with Crippen molar-refractivity contribution < 1.29 is 5.11 Å². The molecule has 1 aromatic rings. The fourth-order valence-electron chi connectivity index (χ4n) is 2.09. The molecule has 0 spiro atoms. The highest BCUT2D eigenvalue weighted by Crippen LogP contribution is 2.23. The minimum Gasteiger partial charge on any atom is -0.392 e. The number of hydrogen-bond donors (Lipinski definition) is 3. The minimum atomic E-state index is -0.269. The number of hydrogen-bond acceptors (Lipinski definition) is 5. The van der Waals surface area contributed by atoms with Crippen molar-refractivity contribution in [2.45, 2.75) is 39.0 Å². The maximum absolute atomic E-state index is 9.50. The van der Waals surface area contributed by atoms with Crippen molar-refractivity contribution in [1.82, 2.24) is 20.1 Å². The number of aromatic nitrogens is 3. The van der Waals surface area contributed by atoms with Crippen LogP contribution in [-0.2, 0) is 6.54 Å². The molecular weight excluding hydrogens is 206 g/mol. The van der Waals surface area contributed by atoms with E-state index < -0.39 is 0 Å². The zero-order valence-corrected chi connectivity index (χ0v) is 9.77. The number of nitrogens with zero attached hydrogens (tertiary/aromatic N) is 3. The normalized spacial score (nSPS) is 24.9. The summed E-state index contributed by atoms with van der Waals surface area (Å²) < 4.78 is 2.05. The molecule has 1 aromatic heterocycles. The van der Waals surface area contributed by atoms with Gasteiger partial charge in [-0.2, -0.15) is 0 Å². The Balaban J connectivity index is 2.20. The predicted octanol–water partition coefficient (Wildman–Crippen LogP) is 0.125. The van der Waals surface area contributed by atoms with Crippen LogP contribution in [-0.4, -0.2) is 39.1 Å². The standard InChI is InChI=1S/C10H19N5O/c1-3-11-10-14-13-9(15(10)4-2)8-5-7(16)6-12-8/h7-8,12,16H,3-6H2,1-2H3,(H,11,14)/t7-,8+/m1/s1. The van der Waals surface area contributed by atoms with Crippen molar-refractivity contribution >= 4 is 5.95 Å². The molecule has 16 heavy (non-hydrogen) atoms. The van der Waals surface area contributed by atoms with Crippen molar-refractivity contribution in [1.29, 1.82) is 0 Å². The first-order valence-corrected chi connectivity index (χ1v) is 5.84. The summed E-state index contributed by atoms with van der Waals surface area (Å²) in [5.41, 5.74) is 0. The zero-order chi connectivity index (χ0) is 11.5. The third kappa shape index (κ3) is 2.03. The van der Waals surface area contributed by atoms with E-state index in [1.54, 1.807) is 0 Å². The molecule has 1 saturated heterocycles. The molecule has 0 bridgehead atoms. The van der Waals surface area contributed by atoms with E-state index in [0.717, 1.165) is 24.9 Å². The molecule has 2 heterocycles. The molecule has 6 heteroatoms. The lowest BCUT2D eigenvalue weighted by Gasteiger charge is -2.12. The van der Waals surface area contributed by atoms with Gasteiger partial charge in [-0.25, -0.2) is 0 Å². The number of rotatable bonds is 4. The monoisotopic (exact) mass is 225 g/mol. The van der Waals surface area contributed by atoms with Crippen molar-refractivity contribution in [2.24, 2.45) is 0 Å². The number of nitrogens with one attached hydrogen (secondary N) is 2. The van der Waals surface area contributed by atoms with E-state index in [1.165, 1.54) is 0 Å². The van der Waals surface area contributed by atoms with Gasteiger partial charge in [-0.05, 0) is 20.3 Å². The molecule has 1 aliphatic rings. The van der Waals surface area contributed by atoms with E-state index in [9.17, 15) is 5.11 Å². The van der Waals surface area contributed by atoms with Crippen molar-refractivity contribution in [2.75, 3.05) is 18.4 Å². The van der Waals surface area contributed by atoms with Crippen LogP contribution >= 0.6 is 0 Å². The first-order chi connectivity index (χ1) is 7.76. The van der Waals surface area contributed by atoms with E-state index in [1.807, 2.05) is 6.92 Å². The molecule has 0 amide bonds. The van der Waals surface area contributed by atoms with Crippen LogP contribution < -0.4 is 10.6 Å². The van der Waals surface area contributed by atoms with Gasteiger partial charge in [0.05, 0.1) is 12.1 Å². The molecule has 1 fully saturated rings. The average molecular weight is 225 g/mol. The van der Waals surface area contributed by atoms with E-state index in [0.29, 0.717) is 13.0 Å². The summed E-state index contributed by atoms with van der Waals surface area (Å²) >= 11 is 0. The van der Waals surface area contributed by atoms with Crippen LogP contribution in [0.25, 0.3) is 0 Å². The summed E-state index contributed by atoms with van der Waals surface area (Å²) in [6.07, 6.45) is 0.444. The number of aliphatic hydroxyl groups is 1. The van der Waals surface area contributed by atoms with Gasteiger partial charge in [-0.15, -0.1) is 10.2 Å². The van der Waals surface area contributed by atoms with Crippen LogP contribution in [0.4, 0.5) is 5.95 Å². The zero-order valence-electron chi connectivity index (χ0n) is 9.77. The Kier molecular flexibility index (Phi) is 3.40. The van der Waals surface area contributed by atoms with Crippen LogP contribution in [0.5, 0.6) is 0 Å². The molecule has 2 atom stereocenters. The molecule has 90 valence electrons. The Bertz CT molecular complexity index is 351. The second-order valence-electron chi connectivity index (χ2n) is 4.01. The third-order valence-electron chi connectivity index (χ3n) is 2.85. The van der Waals surface area contributed by atoms with Gasteiger partial charge in [0.25, 0.3) is 0 Å². The van der Waals surface area contributed by atoms with Gasteiger partial charge < -0.3 is 15.7 Å². The van der Waals surface area contributed by atoms with Crippen LogP contribution in [0, 0.1) is 0 Å². The Morgan fingerprint density at radius 2 is 2.31 bits per heavy atom. The lowest BCUT2D eigenvalue weighted by Crippen LogP contribution is -2.19. The van der Waals surface area contributed by atoms with Gasteiger partial charge >= 0.3 is 0 Å². The largest absolute Gasteiger partial charge is 0.392 e. The molecule has 1 aliphatic heterocycles. The Morgan fingerprint density at radius 1 is 1.50 bits per heavy atom. The van der Waals surface area contributed by atoms with Gasteiger partial charge in [0.15, 0.2) is 5.82 Å². The molecule has 0 aliphatic carbocycles. The SMILES string of the molecule is CCNc1nnc([C@@H]2C[C@@H](O)CN2)n1CC. The summed E-state index contributed by atoms with van der Waals surface area (Å²) in [5, 5.41) is 24.3. The maximum atomic E-state index is 9.50. The van der Waals surface area contributed by atoms with Gasteiger partial charge in [-0.3, -0.25) is 4.57 Å². The third-order valence-corrected chi connectivity index (χ3v) is 2.85. The number of β-amino-alcohol motifs (C(OH)–C–C–N with tert-alkyl or cyclic N) is 1. The number of aliphatic hydroxyl groups excluding tert-OH is 1. The second kappa shape index (κ2) is 4.80. The molecule has 2 rings (SSSR count). The molecule has 6 nitrogen and oxygen atoms in total. The number of anilines is 1. The molecule has 0 radical (unpaired) electrons. The fraction of sp³-hybridized carbons (Fsp3) is 0.800. The topological polar surface area (TPSA) is 75.0 Å². The summed E-state index contributed by atoms with van der Waals surface area (Å²) in [4.78, 5) is 0. The van der Waals surface area contributed by atoms with Gasteiger partial charge in [0.1, 0.15) is 0 Å². The Hall–Kier alpha value is -1.14. The maximum Gasteiger partial charge on any atom is 0.224 e. The van der Waals surface area contributed by atoms with Crippen molar-refractivity contribution in [3.63, 3.8) is 0 Å². The summed E-state index contributed by atoms with van der Waals surface area (Å²) in [6.45, 7) is 6.40. The fourth-order valence-corrected chi connectivity index (χ4v) is 2.09. The highest BCUT2D eigenvalue weighted by Gasteiger charge is 2.28. The molecule has 0 saturated carbocycles. The molecule has 0 unspecified atom stereocenters. The average Bonchev–Trinajstić information content (AvgIpc) is 2.85. The first-order valence-electron chi connectivity index (χ1n) is 5.84. The summed E-state index contributed by atoms with van der Waals surface area (Å²) in [7, 11) is 0. The highest BCUT2D eigenvalue weighted by molar-refractivity contribution is 5.26. The molecule has 3 N–H and O–H groups in total. The van der Waals surface area contributed by atoms with Crippen LogP contribution in [0.15, 0.2) is 0 Å². The van der Waals surface area contributed by atoms with E-state index >= 15 is 0 Å². The van der Waals surface area contributed by atoms with Gasteiger partial charge in [0, 0.05) is 19.6 Å². The lowest BCUT2D eigenvalue weighted by molar-refractivity contribution is 0.192. The van der Waals surface area contributed by atoms with Crippen LogP contribution in [0.1, 0.15) is 32.1 Å². The van der Waals surface area contributed by atoms with E-state index in [-0.39, 0.29) is 12.1 Å². The Labute approximate surface area is 95.1 Å². The lowest BCUT2D eigenvalue weighted by atomic mass is 10.2. The van der Waals surface area contributed by atoms with E-state index in [4.69, 9.17) is 0 Å². The second-order valence-corrected chi connectivity index (χ2v) is 4.01. The first kappa shape index (κ1) is 11.3. The molecule has 0 aromatic carbocycles. The van der Waals surface area contributed by atoms with E-state index in [2.05, 4.69) is 32.3 Å². The highest BCUT2D eigenvalue weighted by atomic mass is 16.3. The van der Waals surface area contributed by atoms with Gasteiger partial charge in [-0.1, -0.05) is 0 Å². The quantitative estimate of drug-likeness (QED) is 0.679. The summed E-state index contributed by atoms with van der Waals surface area (Å²) in [5.74, 6) is 1.72. The van der Waals surface area contributed by atoms with Crippen LogP contribution in [0.2, 0.25) is 0 Å². The minimum absolute atomic E-state index is 0.120. The predicted molar refractivity (Wildman–Crippen MR) is 61.2 cm³/mol. The molecular formula is C10H19N5O. The van der Waals surface area contributed by atoms with Crippen molar-refractivity contribution in [3.05, 3.63) is 5.82 Å². The van der Waals surface area contributed by atoms with Gasteiger partial charge in [0.2, 0.25) is 5.95 Å². The smallest absolute Gasteiger partial charge is 0.224 e.